The molecule has 1 atom stereocenters. The van der Waals surface area contributed by atoms with Crippen molar-refractivity contribution in [2.24, 2.45) is 5.92 Å². The van der Waals surface area contributed by atoms with Crippen LogP contribution in [0.25, 0.3) is 0 Å². The Kier molecular flexibility index (Phi) is 4.75. The summed E-state index contributed by atoms with van der Waals surface area (Å²) in [5, 5.41) is 2.87. The van der Waals surface area contributed by atoms with Crippen LogP contribution in [0.1, 0.15) is 48.3 Å². The zero-order valence-corrected chi connectivity index (χ0v) is 16.5. The number of hydrogen-bond donors (Lipinski definition) is 1. The molecule has 0 unspecified atom stereocenters. The predicted molar refractivity (Wildman–Crippen MR) is 104 cm³/mol. The molecule has 154 valence electrons. The fourth-order valence-electron chi connectivity index (χ4n) is 4.07. The topological polar surface area (TPSA) is 58.1 Å². The van der Waals surface area contributed by atoms with Gasteiger partial charge < -0.3 is 10.2 Å². The van der Waals surface area contributed by atoms with Gasteiger partial charge in [-0.05, 0) is 56.2 Å². The first-order chi connectivity index (χ1) is 13.6. The molecule has 1 amide bonds. The Morgan fingerprint density at radius 1 is 1.17 bits per heavy atom. The van der Waals surface area contributed by atoms with Gasteiger partial charge in [0.05, 0.1) is 11.3 Å². The molecule has 1 aromatic carbocycles. The standard InChI is InChI=1S/C21H23F3N4O/c1-11-18-19(28(3)12(2)20(29)27-18)26-17(25-11)10-13-8-15(9-13)14-4-6-16(7-5-14)21(22,23)24/h4-7,12-13,15H,8-10H2,1-3H3,(H,27,29)/t12-,13?,15?/m0/s1. The van der Waals surface area contributed by atoms with Gasteiger partial charge in [-0.2, -0.15) is 13.2 Å². The third-order valence-corrected chi connectivity index (χ3v) is 6.08. The molecule has 1 fully saturated rings. The average Bonchev–Trinajstić information content (AvgIpc) is 2.63. The maximum Gasteiger partial charge on any atom is 0.416 e. The highest BCUT2D eigenvalue weighted by atomic mass is 19.4. The molecule has 0 spiro atoms. The SMILES string of the molecule is Cc1nc(CC2CC(c3ccc(C(F)(F)F)cc3)C2)nc2c1NC(=O)[C@H](C)N2C. The number of anilines is 2. The van der Waals surface area contributed by atoms with Crippen molar-refractivity contribution in [3.8, 4) is 0 Å². The summed E-state index contributed by atoms with van der Waals surface area (Å²) < 4.78 is 38.1. The fourth-order valence-corrected chi connectivity index (χ4v) is 4.07. The van der Waals surface area contributed by atoms with Gasteiger partial charge in [0.2, 0.25) is 5.91 Å². The highest BCUT2D eigenvalue weighted by Crippen LogP contribution is 2.44. The summed E-state index contributed by atoms with van der Waals surface area (Å²) in [6, 6.07) is 5.19. The normalized spacial score (nSPS) is 24.0. The van der Waals surface area contributed by atoms with Gasteiger partial charge in [0.15, 0.2) is 5.82 Å². The minimum absolute atomic E-state index is 0.0715. The van der Waals surface area contributed by atoms with Gasteiger partial charge in [0.1, 0.15) is 17.6 Å². The molecule has 2 aromatic rings. The number of halogens is 3. The van der Waals surface area contributed by atoms with Gasteiger partial charge >= 0.3 is 6.18 Å². The highest BCUT2D eigenvalue weighted by Gasteiger charge is 2.34. The van der Waals surface area contributed by atoms with Crippen LogP contribution in [0.15, 0.2) is 24.3 Å². The number of nitrogens with one attached hydrogen (secondary N) is 1. The summed E-state index contributed by atoms with van der Waals surface area (Å²) in [4.78, 5) is 23.1. The molecular weight excluding hydrogens is 381 g/mol. The van der Waals surface area contributed by atoms with Crippen molar-refractivity contribution in [2.75, 3.05) is 17.3 Å². The molecule has 1 aromatic heterocycles. The number of benzene rings is 1. The number of aryl methyl sites for hydroxylation is 1. The Morgan fingerprint density at radius 3 is 2.45 bits per heavy atom. The van der Waals surface area contributed by atoms with Crippen molar-refractivity contribution in [1.29, 1.82) is 0 Å². The minimum atomic E-state index is -4.30. The number of hydrogen-bond acceptors (Lipinski definition) is 4. The van der Waals surface area contributed by atoms with Crippen molar-refractivity contribution in [1.82, 2.24) is 9.97 Å². The second kappa shape index (κ2) is 7.00. The summed E-state index contributed by atoms with van der Waals surface area (Å²) in [5.41, 5.74) is 1.75. The maximum atomic E-state index is 12.7. The van der Waals surface area contributed by atoms with E-state index < -0.39 is 11.7 Å². The molecule has 8 heteroatoms. The van der Waals surface area contributed by atoms with E-state index in [1.54, 1.807) is 12.1 Å². The third kappa shape index (κ3) is 3.68. The lowest BCUT2D eigenvalue weighted by atomic mass is 9.70. The Bertz CT molecular complexity index is 936. The highest BCUT2D eigenvalue weighted by molar-refractivity contribution is 6.02. The van der Waals surface area contributed by atoms with Gasteiger partial charge in [-0.1, -0.05) is 12.1 Å². The second-order valence-electron chi connectivity index (χ2n) is 8.06. The van der Waals surface area contributed by atoms with Crippen LogP contribution in [0.4, 0.5) is 24.7 Å². The van der Waals surface area contributed by atoms with E-state index in [4.69, 9.17) is 0 Å². The van der Waals surface area contributed by atoms with Crippen LogP contribution in [0.3, 0.4) is 0 Å². The van der Waals surface area contributed by atoms with Crippen LogP contribution in [0.2, 0.25) is 0 Å². The van der Waals surface area contributed by atoms with E-state index >= 15 is 0 Å². The minimum Gasteiger partial charge on any atom is -0.346 e. The lowest BCUT2D eigenvalue weighted by Crippen LogP contribution is -2.45. The molecule has 0 bridgehead atoms. The summed E-state index contributed by atoms with van der Waals surface area (Å²) in [5.74, 6) is 2.09. The summed E-state index contributed by atoms with van der Waals surface area (Å²) in [6.07, 6.45) is -1.75. The average molecular weight is 404 g/mol. The number of rotatable bonds is 3. The first-order valence-electron chi connectivity index (χ1n) is 9.72. The lowest BCUT2D eigenvalue weighted by molar-refractivity contribution is -0.137. The first-order valence-corrected chi connectivity index (χ1v) is 9.72. The molecule has 5 nitrogen and oxygen atoms in total. The first kappa shape index (κ1) is 19.7. The van der Waals surface area contributed by atoms with E-state index in [0.29, 0.717) is 11.6 Å². The van der Waals surface area contributed by atoms with Crippen LogP contribution in [-0.4, -0.2) is 29.0 Å². The van der Waals surface area contributed by atoms with E-state index in [1.807, 2.05) is 25.8 Å². The van der Waals surface area contributed by atoms with Gasteiger partial charge in [-0.3, -0.25) is 4.79 Å². The predicted octanol–water partition coefficient (Wildman–Crippen LogP) is 4.32. The van der Waals surface area contributed by atoms with E-state index in [9.17, 15) is 18.0 Å². The van der Waals surface area contributed by atoms with Crippen molar-refractivity contribution >= 4 is 17.4 Å². The number of aromatic nitrogens is 2. The number of likely N-dealkylation sites (N-methyl/N-ethyl adjacent to an activating group) is 1. The van der Waals surface area contributed by atoms with E-state index in [2.05, 4.69) is 15.3 Å². The molecule has 4 rings (SSSR count). The van der Waals surface area contributed by atoms with Crippen LogP contribution >= 0.6 is 0 Å². The van der Waals surface area contributed by atoms with Gasteiger partial charge in [0, 0.05) is 13.5 Å². The summed E-state index contributed by atoms with van der Waals surface area (Å²) >= 11 is 0. The van der Waals surface area contributed by atoms with Crippen LogP contribution in [0, 0.1) is 12.8 Å². The fraction of sp³-hybridized carbons (Fsp3) is 0.476. The Hall–Kier alpha value is -2.64. The van der Waals surface area contributed by atoms with Crippen molar-refractivity contribution in [2.45, 2.75) is 51.2 Å². The molecule has 2 heterocycles. The Balaban J connectivity index is 1.42. The number of carbonyl (C=O) groups excluding carboxylic acids is 1. The number of alkyl halides is 3. The van der Waals surface area contributed by atoms with Gasteiger partial charge in [0.25, 0.3) is 0 Å². The zero-order chi connectivity index (χ0) is 20.9. The number of amides is 1. The molecule has 0 saturated heterocycles. The van der Waals surface area contributed by atoms with Crippen molar-refractivity contribution < 1.29 is 18.0 Å². The maximum absolute atomic E-state index is 12.7. The monoisotopic (exact) mass is 404 g/mol. The Labute approximate surface area is 167 Å². The molecule has 1 saturated carbocycles. The molecule has 2 aliphatic rings. The largest absolute Gasteiger partial charge is 0.416 e. The second-order valence-corrected chi connectivity index (χ2v) is 8.06. The van der Waals surface area contributed by atoms with Crippen LogP contribution in [-0.2, 0) is 17.4 Å². The smallest absolute Gasteiger partial charge is 0.346 e. The number of nitrogens with zero attached hydrogens (tertiary/aromatic N) is 3. The Morgan fingerprint density at radius 2 is 1.83 bits per heavy atom. The van der Waals surface area contributed by atoms with Crippen LogP contribution < -0.4 is 10.2 Å². The third-order valence-electron chi connectivity index (χ3n) is 6.08. The molecule has 1 aliphatic heterocycles. The summed E-state index contributed by atoms with van der Waals surface area (Å²) in [6.45, 7) is 3.69. The zero-order valence-electron chi connectivity index (χ0n) is 16.5. The molecule has 0 radical (unpaired) electrons. The van der Waals surface area contributed by atoms with Gasteiger partial charge in [-0.25, -0.2) is 9.97 Å². The van der Waals surface area contributed by atoms with Crippen molar-refractivity contribution in [3.63, 3.8) is 0 Å². The summed E-state index contributed by atoms with van der Waals surface area (Å²) in [7, 11) is 1.85. The lowest BCUT2D eigenvalue weighted by Gasteiger charge is -2.36. The number of carbonyl (C=O) groups is 1. The van der Waals surface area contributed by atoms with Crippen LogP contribution in [0.5, 0.6) is 0 Å². The molecular formula is C21H23F3N4O. The van der Waals surface area contributed by atoms with Crippen molar-refractivity contribution in [3.05, 3.63) is 46.9 Å². The number of fused-ring (bicyclic) bond motifs is 1. The molecule has 29 heavy (non-hydrogen) atoms. The van der Waals surface area contributed by atoms with E-state index in [0.717, 1.165) is 54.3 Å². The van der Waals surface area contributed by atoms with E-state index in [-0.39, 0.29) is 17.9 Å². The quantitative estimate of drug-likeness (QED) is 0.828. The van der Waals surface area contributed by atoms with E-state index in [1.165, 1.54) is 0 Å². The molecule has 1 N–H and O–H groups in total. The molecule has 1 aliphatic carbocycles. The van der Waals surface area contributed by atoms with Gasteiger partial charge in [-0.15, -0.1) is 0 Å².